The summed E-state index contributed by atoms with van der Waals surface area (Å²) in [6, 6.07) is 18.1. The molecule has 0 saturated carbocycles. The number of benzene rings is 2. The van der Waals surface area contributed by atoms with Crippen molar-refractivity contribution in [3.05, 3.63) is 65.9 Å². The van der Waals surface area contributed by atoms with Crippen molar-refractivity contribution in [3.8, 4) is 5.75 Å². The first-order valence-electron chi connectivity index (χ1n) is 12.6. The van der Waals surface area contributed by atoms with Crippen molar-refractivity contribution >= 4 is 22.7 Å². The van der Waals surface area contributed by atoms with E-state index in [9.17, 15) is 9.59 Å². The van der Waals surface area contributed by atoms with Gasteiger partial charge in [-0.1, -0.05) is 44.2 Å². The Kier molecular flexibility index (Phi) is 7.79. The Morgan fingerprint density at radius 3 is 2.51 bits per heavy atom. The van der Waals surface area contributed by atoms with Crippen molar-refractivity contribution in [1.29, 1.82) is 0 Å². The van der Waals surface area contributed by atoms with E-state index in [1.165, 1.54) is 0 Å². The Morgan fingerprint density at radius 1 is 1.09 bits per heavy atom. The summed E-state index contributed by atoms with van der Waals surface area (Å²) in [5.41, 5.74) is 2.78. The maximum Gasteiger partial charge on any atom is 0.270 e. The molecule has 1 saturated heterocycles. The van der Waals surface area contributed by atoms with Crippen molar-refractivity contribution < 1.29 is 14.3 Å². The predicted octanol–water partition coefficient (Wildman–Crippen LogP) is 5.14. The van der Waals surface area contributed by atoms with E-state index in [4.69, 9.17) is 4.74 Å². The van der Waals surface area contributed by atoms with Gasteiger partial charge in [0.25, 0.3) is 5.91 Å². The van der Waals surface area contributed by atoms with E-state index in [-0.39, 0.29) is 17.9 Å². The van der Waals surface area contributed by atoms with Crippen molar-refractivity contribution in [3.63, 3.8) is 0 Å². The standard InChI is InChI=1S/C29H37N3O3/c1-20(2)16-28(33)31(3)27(18-21-8-7-10-24(17-21)35-4)22-12-14-32(15-13-22)29(34)26-19-23-9-5-6-11-25(23)30-26/h5-11,17,19-20,22,27,30H,12-16,18H2,1-4H3/t27-/m0/s1. The highest BCUT2D eigenvalue weighted by Crippen LogP contribution is 2.29. The van der Waals surface area contributed by atoms with E-state index < -0.39 is 0 Å². The monoisotopic (exact) mass is 475 g/mol. The third-order valence-corrected chi connectivity index (χ3v) is 7.18. The zero-order valence-electron chi connectivity index (χ0n) is 21.3. The number of methoxy groups -OCH3 is 1. The molecule has 0 radical (unpaired) electrons. The van der Waals surface area contributed by atoms with E-state index in [1.54, 1.807) is 7.11 Å². The lowest BCUT2D eigenvalue weighted by Crippen LogP contribution is -2.48. The Balaban J connectivity index is 1.47. The highest BCUT2D eigenvalue weighted by Gasteiger charge is 2.33. The Morgan fingerprint density at radius 2 is 1.83 bits per heavy atom. The van der Waals surface area contributed by atoms with Crippen molar-refractivity contribution in [2.24, 2.45) is 11.8 Å². The molecule has 2 amide bonds. The number of carbonyl (C=O) groups excluding carboxylic acids is 2. The van der Waals surface area contributed by atoms with Crippen LogP contribution in [-0.4, -0.2) is 59.9 Å². The molecule has 1 aromatic heterocycles. The van der Waals surface area contributed by atoms with Gasteiger partial charge in [0, 0.05) is 43.5 Å². The topological polar surface area (TPSA) is 65.6 Å². The number of amides is 2. The van der Waals surface area contributed by atoms with Crippen LogP contribution in [0.25, 0.3) is 10.9 Å². The first kappa shape index (κ1) is 24.8. The van der Waals surface area contributed by atoms with Crippen LogP contribution in [0.5, 0.6) is 5.75 Å². The molecule has 2 heterocycles. The number of hydrogen-bond acceptors (Lipinski definition) is 3. The summed E-state index contributed by atoms with van der Waals surface area (Å²) in [5.74, 6) is 1.71. The Labute approximate surface area is 208 Å². The van der Waals surface area contributed by atoms with Crippen molar-refractivity contribution in [1.82, 2.24) is 14.8 Å². The fourth-order valence-corrected chi connectivity index (χ4v) is 5.19. The quantitative estimate of drug-likeness (QED) is 0.490. The molecule has 186 valence electrons. The number of nitrogens with one attached hydrogen (secondary N) is 1. The molecular formula is C29H37N3O3. The van der Waals surface area contributed by atoms with Crippen LogP contribution in [0, 0.1) is 11.8 Å². The first-order chi connectivity index (χ1) is 16.9. The van der Waals surface area contributed by atoms with Crippen LogP contribution in [0.1, 0.15) is 49.2 Å². The fourth-order valence-electron chi connectivity index (χ4n) is 5.19. The molecule has 1 atom stereocenters. The number of fused-ring (bicyclic) bond motifs is 1. The van der Waals surface area contributed by atoms with Crippen LogP contribution in [0.3, 0.4) is 0 Å². The van der Waals surface area contributed by atoms with Gasteiger partial charge >= 0.3 is 0 Å². The lowest BCUT2D eigenvalue weighted by atomic mass is 9.84. The van der Waals surface area contributed by atoms with Gasteiger partial charge in [-0.25, -0.2) is 0 Å². The lowest BCUT2D eigenvalue weighted by molar-refractivity contribution is -0.134. The summed E-state index contributed by atoms with van der Waals surface area (Å²) in [6.07, 6.45) is 3.07. The van der Waals surface area contributed by atoms with Crippen LogP contribution in [0.15, 0.2) is 54.6 Å². The van der Waals surface area contributed by atoms with Gasteiger partial charge in [-0.2, -0.15) is 0 Å². The zero-order valence-corrected chi connectivity index (χ0v) is 21.3. The molecular weight excluding hydrogens is 438 g/mol. The first-order valence-corrected chi connectivity index (χ1v) is 12.6. The summed E-state index contributed by atoms with van der Waals surface area (Å²) in [5, 5.41) is 1.05. The summed E-state index contributed by atoms with van der Waals surface area (Å²) in [7, 11) is 3.62. The number of carbonyl (C=O) groups is 2. The highest BCUT2D eigenvalue weighted by atomic mass is 16.5. The summed E-state index contributed by atoms with van der Waals surface area (Å²) >= 11 is 0. The minimum absolute atomic E-state index is 0.0493. The largest absolute Gasteiger partial charge is 0.497 e. The number of piperidine rings is 1. The molecule has 2 aromatic carbocycles. The summed E-state index contributed by atoms with van der Waals surface area (Å²) in [4.78, 5) is 33.4. The third kappa shape index (κ3) is 5.87. The van der Waals surface area contributed by atoms with Gasteiger partial charge in [0.05, 0.1) is 7.11 Å². The van der Waals surface area contributed by atoms with Gasteiger partial charge < -0.3 is 19.5 Å². The molecule has 1 aliphatic heterocycles. The zero-order chi connectivity index (χ0) is 24.9. The molecule has 6 heteroatoms. The van der Waals surface area contributed by atoms with E-state index in [1.807, 2.05) is 59.3 Å². The average Bonchev–Trinajstić information content (AvgIpc) is 3.31. The molecule has 0 bridgehead atoms. The van der Waals surface area contributed by atoms with Crippen LogP contribution in [0.4, 0.5) is 0 Å². The molecule has 0 unspecified atom stereocenters. The number of ether oxygens (including phenoxy) is 1. The van der Waals surface area contributed by atoms with Crippen LogP contribution >= 0.6 is 0 Å². The number of rotatable bonds is 8. The maximum absolute atomic E-state index is 13.2. The number of H-pyrrole nitrogens is 1. The summed E-state index contributed by atoms with van der Waals surface area (Å²) < 4.78 is 5.42. The number of para-hydroxylation sites is 1. The van der Waals surface area contributed by atoms with Gasteiger partial charge in [0.15, 0.2) is 0 Å². The Bertz CT molecular complexity index is 1130. The van der Waals surface area contributed by atoms with E-state index >= 15 is 0 Å². The molecule has 35 heavy (non-hydrogen) atoms. The van der Waals surface area contributed by atoms with Crippen LogP contribution in [0.2, 0.25) is 0 Å². The highest BCUT2D eigenvalue weighted by molar-refractivity contribution is 5.98. The normalized spacial score (nSPS) is 15.4. The number of likely N-dealkylation sites (N-methyl/N-ethyl adjacent to an activating group) is 1. The summed E-state index contributed by atoms with van der Waals surface area (Å²) in [6.45, 7) is 5.55. The smallest absolute Gasteiger partial charge is 0.270 e. The average molecular weight is 476 g/mol. The molecule has 1 aliphatic rings. The minimum Gasteiger partial charge on any atom is -0.497 e. The van der Waals surface area contributed by atoms with Gasteiger partial charge in [0.1, 0.15) is 11.4 Å². The molecule has 0 spiro atoms. The second-order valence-electron chi connectivity index (χ2n) is 10.1. The van der Waals surface area contributed by atoms with Crippen LogP contribution < -0.4 is 4.74 Å². The third-order valence-electron chi connectivity index (χ3n) is 7.18. The van der Waals surface area contributed by atoms with E-state index in [0.29, 0.717) is 37.0 Å². The second-order valence-corrected chi connectivity index (χ2v) is 10.1. The van der Waals surface area contributed by atoms with Gasteiger partial charge in [0.2, 0.25) is 5.91 Å². The van der Waals surface area contributed by atoms with Gasteiger partial charge in [-0.3, -0.25) is 9.59 Å². The molecule has 4 rings (SSSR count). The number of hydrogen-bond donors (Lipinski definition) is 1. The molecule has 0 aliphatic carbocycles. The molecule has 1 fully saturated rings. The van der Waals surface area contributed by atoms with Crippen LogP contribution in [-0.2, 0) is 11.2 Å². The predicted molar refractivity (Wildman–Crippen MR) is 140 cm³/mol. The van der Waals surface area contributed by atoms with Gasteiger partial charge in [-0.15, -0.1) is 0 Å². The van der Waals surface area contributed by atoms with Gasteiger partial charge in [-0.05, 0) is 60.9 Å². The number of aromatic amines is 1. The van der Waals surface area contributed by atoms with Crippen molar-refractivity contribution in [2.75, 3.05) is 27.2 Å². The fraction of sp³-hybridized carbons (Fsp3) is 0.448. The molecule has 3 aromatic rings. The van der Waals surface area contributed by atoms with E-state index in [2.05, 4.69) is 31.0 Å². The SMILES string of the molecule is COc1cccc(C[C@@H](C2CCN(C(=O)c3cc4ccccc4[nH]3)CC2)N(C)C(=O)CC(C)C)c1. The number of likely N-dealkylation sites (tertiary alicyclic amines) is 1. The number of nitrogens with zero attached hydrogens (tertiary/aromatic N) is 2. The maximum atomic E-state index is 13.2. The van der Waals surface area contributed by atoms with Crippen molar-refractivity contribution in [2.45, 2.75) is 45.6 Å². The number of aromatic nitrogens is 1. The molecule has 1 N–H and O–H groups in total. The second kappa shape index (κ2) is 11.0. The lowest BCUT2D eigenvalue weighted by Gasteiger charge is -2.40. The van der Waals surface area contributed by atoms with E-state index in [0.717, 1.165) is 41.5 Å². The minimum atomic E-state index is 0.0493. The molecule has 6 nitrogen and oxygen atoms in total. The Hall–Kier alpha value is -3.28.